The van der Waals surface area contributed by atoms with Crippen LogP contribution in [0.3, 0.4) is 0 Å². The Labute approximate surface area is 151 Å². The molecular weight excluding hydrogens is 345 g/mol. The molecule has 0 bridgehead atoms. The number of carboxylic acids is 1. The molecule has 0 atom stereocenters. The van der Waals surface area contributed by atoms with Gasteiger partial charge in [-0.2, -0.15) is 0 Å². The van der Waals surface area contributed by atoms with E-state index in [9.17, 15) is 4.79 Å². The molecule has 1 fully saturated rings. The van der Waals surface area contributed by atoms with E-state index >= 15 is 0 Å². The molecule has 1 aliphatic carbocycles. The molecule has 0 spiro atoms. The Balaban J connectivity index is 1.67. The van der Waals surface area contributed by atoms with Gasteiger partial charge >= 0.3 is 5.97 Å². The second-order valence-electron chi connectivity index (χ2n) is 6.34. The van der Waals surface area contributed by atoms with E-state index in [1.165, 1.54) is 6.42 Å². The Bertz CT molecular complexity index is 719. The summed E-state index contributed by atoms with van der Waals surface area (Å²) in [5.74, 6) is -0.906. The molecule has 5 heteroatoms. The summed E-state index contributed by atoms with van der Waals surface area (Å²) in [5.41, 5.74) is 2.40. The lowest BCUT2D eigenvalue weighted by atomic mass is 9.64. The molecular formula is C19H19Cl2NO2. The fourth-order valence-corrected chi connectivity index (χ4v) is 4.13. The first-order valence-corrected chi connectivity index (χ1v) is 8.75. The zero-order chi connectivity index (χ0) is 17.2. The van der Waals surface area contributed by atoms with Crippen LogP contribution in [-0.4, -0.2) is 17.6 Å². The third-order valence-corrected chi connectivity index (χ3v) is 5.43. The molecule has 0 heterocycles. The summed E-state index contributed by atoms with van der Waals surface area (Å²) in [4.78, 5) is 10.9. The Morgan fingerprint density at radius 2 is 1.71 bits per heavy atom. The molecule has 0 aliphatic heterocycles. The molecule has 0 radical (unpaired) electrons. The van der Waals surface area contributed by atoms with E-state index in [1.807, 2.05) is 30.3 Å². The van der Waals surface area contributed by atoms with Crippen molar-refractivity contribution < 1.29 is 9.90 Å². The van der Waals surface area contributed by atoms with Crippen LogP contribution in [0.15, 0.2) is 42.5 Å². The van der Waals surface area contributed by atoms with Crippen molar-refractivity contribution in [1.29, 1.82) is 0 Å². The molecule has 2 aromatic rings. The molecule has 0 aromatic heterocycles. The molecule has 126 valence electrons. The minimum absolute atomic E-state index is 0.00354. The van der Waals surface area contributed by atoms with Crippen LogP contribution in [0.1, 0.15) is 40.7 Å². The van der Waals surface area contributed by atoms with Gasteiger partial charge in [-0.1, -0.05) is 47.8 Å². The van der Waals surface area contributed by atoms with Crippen molar-refractivity contribution >= 4 is 29.2 Å². The minimum Gasteiger partial charge on any atom is -0.478 e. The molecule has 2 N–H and O–H groups in total. The van der Waals surface area contributed by atoms with Crippen molar-refractivity contribution in [2.24, 2.45) is 0 Å². The van der Waals surface area contributed by atoms with Gasteiger partial charge in [0.15, 0.2) is 0 Å². The SMILES string of the molecule is O=C(O)c1ccc(CNCC2(c3c(Cl)cccc3Cl)CCC2)cc1. The van der Waals surface area contributed by atoms with Crippen LogP contribution in [0.2, 0.25) is 10.0 Å². The molecule has 24 heavy (non-hydrogen) atoms. The highest BCUT2D eigenvalue weighted by Gasteiger charge is 2.41. The first-order valence-electron chi connectivity index (χ1n) is 7.99. The normalized spacial score (nSPS) is 15.8. The Morgan fingerprint density at radius 1 is 1.08 bits per heavy atom. The summed E-state index contributed by atoms with van der Waals surface area (Å²) in [6.07, 6.45) is 3.32. The maximum atomic E-state index is 10.9. The summed E-state index contributed by atoms with van der Waals surface area (Å²) in [5, 5.41) is 13.9. The second kappa shape index (κ2) is 7.14. The number of halogens is 2. The number of hydrogen-bond acceptors (Lipinski definition) is 2. The number of carbonyl (C=O) groups is 1. The van der Waals surface area contributed by atoms with Gasteiger partial charge in [0, 0.05) is 28.5 Å². The largest absolute Gasteiger partial charge is 0.478 e. The average molecular weight is 364 g/mol. The number of aromatic carboxylic acids is 1. The third-order valence-electron chi connectivity index (χ3n) is 4.80. The minimum atomic E-state index is -0.906. The lowest BCUT2D eigenvalue weighted by molar-refractivity contribution is 0.0697. The third kappa shape index (κ3) is 3.44. The zero-order valence-corrected chi connectivity index (χ0v) is 14.7. The number of rotatable bonds is 6. The zero-order valence-electron chi connectivity index (χ0n) is 13.2. The molecule has 0 saturated heterocycles. The van der Waals surface area contributed by atoms with Gasteiger partial charge in [0.25, 0.3) is 0 Å². The predicted molar refractivity (Wildman–Crippen MR) is 97.1 cm³/mol. The summed E-state index contributed by atoms with van der Waals surface area (Å²) >= 11 is 12.8. The van der Waals surface area contributed by atoms with Crippen LogP contribution in [0, 0.1) is 0 Å². The quantitative estimate of drug-likeness (QED) is 0.766. The molecule has 1 aliphatic rings. The van der Waals surface area contributed by atoms with Crippen LogP contribution in [0.5, 0.6) is 0 Å². The van der Waals surface area contributed by atoms with Gasteiger partial charge in [-0.15, -0.1) is 0 Å². The van der Waals surface area contributed by atoms with Crippen LogP contribution in [0.4, 0.5) is 0 Å². The molecule has 3 nitrogen and oxygen atoms in total. The predicted octanol–water partition coefficient (Wildman–Crippen LogP) is 4.90. The van der Waals surface area contributed by atoms with E-state index < -0.39 is 5.97 Å². The van der Waals surface area contributed by atoms with Gasteiger partial charge in [0.05, 0.1) is 5.56 Å². The summed E-state index contributed by atoms with van der Waals surface area (Å²) in [6.45, 7) is 1.49. The van der Waals surface area contributed by atoms with E-state index in [1.54, 1.807) is 12.1 Å². The topological polar surface area (TPSA) is 49.3 Å². The van der Waals surface area contributed by atoms with Crippen molar-refractivity contribution in [3.05, 3.63) is 69.2 Å². The summed E-state index contributed by atoms with van der Waals surface area (Å²) in [6, 6.07) is 12.6. The molecule has 0 amide bonds. The van der Waals surface area contributed by atoms with Crippen LogP contribution < -0.4 is 5.32 Å². The van der Waals surface area contributed by atoms with Crippen molar-refractivity contribution in [2.45, 2.75) is 31.2 Å². The van der Waals surface area contributed by atoms with E-state index in [2.05, 4.69) is 5.32 Å². The Morgan fingerprint density at radius 3 is 2.21 bits per heavy atom. The first-order chi connectivity index (χ1) is 11.5. The number of benzene rings is 2. The van der Waals surface area contributed by atoms with E-state index in [0.29, 0.717) is 12.1 Å². The van der Waals surface area contributed by atoms with Crippen LogP contribution in [-0.2, 0) is 12.0 Å². The smallest absolute Gasteiger partial charge is 0.335 e. The summed E-state index contributed by atoms with van der Waals surface area (Å²) < 4.78 is 0. The first kappa shape index (κ1) is 17.3. The maximum absolute atomic E-state index is 10.9. The second-order valence-corrected chi connectivity index (χ2v) is 7.15. The van der Waals surface area contributed by atoms with Gasteiger partial charge in [0.1, 0.15) is 0 Å². The standard InChI is InChI=1S/C19H19Cl2NO2/c20-15-3-1-4-16(21)17(15)19(9-2-10-19)12-22-11-13-5-7-14(8-6-13)18(23)24/h1,3-8,22H,2,9-12H2,(H,23,24). The fourth-order valence-electron chi connectivity index (χ4n) is 3.33. The molecule has 2 aromatic carbocycles. The van der Waals surface area contributed by atoms with Gasteiger partial charge < -0.3 is 10.4 Å². The van der Waals surface area contributed by atoms with Crippen LogP contribution >= 0.6 is 23.2 Å². The highest BCUT2D eigenvalue weighted by Crippen LogP contribution is 2.48. The van der Waals surface area contributed by atoms with Crippen molar-refractivity contribution in [3.63, 3.8) is 0 Å². The van der Waals surface area contributed by atoms with Crippen molar-refractivity contribution in [1.82, 2.24) is 5.32 Å². The van der Waals surface area contributed by atoms with Gasteiger partial charge in [-0.25, -0.2) is 4.79 Å². The Kier molecular flexibility index (Phi) is 5.14. The highest BCUT2D eigenvalue weighted by atomic mass is 35.5. The van der Waals surface area contributed by atoms with Gasteiger partial charge in [0.2, 0.25) is 0 Å². The number of hydrogen-bond donors (Lipinski definition) is 2. The highest BCUT2D eigenvalue weighted by molar-refractivity contribution is 6.36. The van der Waals surface area contributed by atoms with Gasteiger partial charge in [-0.05, 0) is 48.2 Å². The van der Waals surface area contributed by atoms with Crippen molar-refractivity contribution in [3.8, 4) is 0 Å². The Hall–Kier alpha value is -1.55. The average Bonchev–Trinajstić information content (AvgIpc) is 2.52. The van der Waals surface area contributed by atoms with E-state index in [-0.39, 0.29) is 5.41 Å². The number of nitrogens with one attached hydrogen (secondary N) is 1. The van der Waals surface area contributed by atoms with Crippen molar-refractivity contribution in [2.75, 3.05) is 6.54 Å². The lowest BCUT2D eigenvalue weighted by Gasteiger charge is -2.43. The molecule has 0 unspecified atom stereocenters. The lowest BCUT2D eigenvalue weighted by Crippen LogP contribution is -2.44. The monoisotopic (exact) mass is 363 g/mol. The molecule has 3 rings (SSSR count). The van der Waals surface area contributed by atoms with E-state index in [4.69, 9.17) is 28.3 Å². The molecule has 1 saturated carbocycles. The van der Waals surface area contributed by atoms with Crippen LogP contribution in [0.25, 0.3) is 0 Å². The fraction of sp³-hybridized carbons (Fsp3) is 0.316. The van der Waals surface area contributed by atoms with E-state index in [0.717, 1.165) is 40.6 Å². The maximum Gasteiger partial charge on any atom is 0.335 e. The summed E-state index contributed by atoms with van der Waals surface area (Å²) in [7, 11) is 0. The number of carboxylic acid groups (broad SMARTS) is 1. The van der Waals surface area contributed by atoms with Gasteiger partial charge in [-0.3, -0.25) is 0 Å².